The lowest BCUT2D eigenvalue weighted by atomic mass is 9.96. The summed E-state index contributed by atoms with van der Waals surface area (Å²) in [4.78, 5) is 0. The normalized spacial score (nSPS) is 11.6. The molecule has 1 heterocycles. The molecule has 2 aromatic rings. The van der Waals surface area contributed by atoms with Gasteiger partial charge in [-0.1, -0.05) is 57.5 Å². The Kier molecular flexibility index (Phi) is 4.64. The van der Waals surface area contributed by atoms with Crippen LogP contribution >= 0.6 is 0 Å². The third-order valence-corrected chi connectivity index (χ3v) is 3.62. The summed E-state index contributed by atoms with van der Waals surface area (Å²) in [5.41, 5.74) is 5.27. The van der Waals surface area contributed by atoms with Crippen LogP contribution in [0.2, 0.25) is 0 Å². The van der Waals surface area contributed by atoms with Crippen molar-refractivity contribution in [3.05, 3.63) is 41.7 Å². The highest BCUT2D eigenvalue weighted by atomic mass is 15.3. The number of hydrogen-bond donors (Lipinski definition) is 0. The molecule has 0 fully saturated rings. The van der Waals surface area contributed by atoms with Gasteiger partial charge in [0.1, 0.15) is 0 Å². The maximum absolute atomic E-state index is 4.92. The van der Waals surface area contributed by atoms with E-state index in [0.717, 1.165) is 12.8 Å². The van der Waals surface area contributed by atoms with Crippen molar-refractivity contribution in [3.63, 3.8) is 0 Å². The van der Waals surface area contributed by atoms with Crippen LogP contribution in [0.5, 0.6) is 0 Å². The molecule has 108 valence electrons. The third-order valence-electron chi connectivity index (χ3n) is 3.62. The zero-order valence-corrected chi connectivity index (χ0v) is 13.4. The molecule has 0 saturated heterocycles. The van der Waals surface area contributed by atoms with E-state index in [0.29, 0.717) is 12.0 Å². The zero-order valence-electron chi connectivity index (χ0n) is 13.4. The van der Waals surface area contributed by atoms with Gasteiger partial charge in [0.05, 0.1) is 5.69 Å². The molecule has 2 rings (SSSR count). The minimum atomic E-state index is 0.409. The molecule has 2 heteroatoms. The molecule has 0 unspecified atom stereocenters. The number of benzene rings is 1. The fraction of sp³-hybridized carbons (Fsp3) is 0.500. The monoisotopic (exact) mass is 270 g/mol. The summed E-state index contributed by atoms with van der Waals surface area (Å²) in [5.74, 6) is 0.445. The summed E-state index contributed by atoms with van der Waals surface area (Å²) in [5, 5.41) is 4.92. The summed E-state index contributed by atoms with van der Waals surface area (Å²) >= 11 is 0. The predicted molar refractivity (Wildman–Crippen MR) is 86.1 cm³/mol. The van der Waals surface area contributed by atoms with E-state index in [2.05, 4.69) is 69.6 Å². The third kappa shape index (κ3) is 2.79. The molecule has 0 aliphatic heterocycles. The average Bonchev–Trinajstić information content (AvgIpc) is 2.80. The van der Waals surface area contributed by atoms with Crippen molar-refractivity contribution < 1.29 is 0 Å². The van der Waals surface area contributed by atoms with E-state index in [9.17, 15) is 0 Å². The van der Waals surface area contributed by atoms with Gasteiger partial charge in [0.15, 0.2) is 0 Å². The van der Waals surface area contributed by atoms with E-state index in [1.165, 1.54) is 22.5 Å². The second-order valence-corrected chi connectivity index (χ2v) is 6.02. The van der Waals surface area contributed by atoms with Crippen LogP contribution in [0.1, 0.15) is 64.4 Å². The van der Waals surface area contributed by atoms with Crippen molar-refractivity contribution in [1.82, 2.24) is 9.78 Å². The Morgan fingerprint density at radius 1 is 1.05 bits per heavy atom. The molecule has 0 radical (unpaired) electrons. The fourth-order valence-corrected chi connectivity index (χ4v) is 2.72. The Labute approximate surface area is 122 Å². The lowest BCUT2D eigenvalue weighted by Gasteiger charge is -2.12. The van der Waals surface area contributed by atoms with Gasteiger partial charge in [-0.25, -0.2) is 0 Å². The highest BCUT2D eigenvalue weighted by Gasteiger charge is 2.21. The van der Waals surface area contributed by atoms with Crippen molar-refractivity contribution in [3.8, 4) is 11.1 Å². The first-order valence-corrected chi connectivity index (χ1v) is 7.72. The molecule has 2 nitrogen and oxygen atoms in total. The molecule has 0 saturated carbocycles. The number of nitrogens with zero attached hydrogens (tertiary/aromatic N) is 2. The molecule has 0 N–H and O–H groups in total. The minimum absolute atomic E-state index is 0.409. The van der Waals surface area contributed by atoms with Gasteiger partial charge >= 0.3 is 0 Å². The highest BCUT2D eigenvalue weighted by molar-refractivity contribution is 5.69. The maximum Gasteiger partial charge on any atom is 0.0731 e. The largest absolute Gasteiger partial charge is 0.266 e. The molecule has 1 aromatic carbocycles. The van der Waals surface area contributed by atoms with Crippen LogP contribution in [0.25, 0.3) is 11.1 Å². The lowest BCUT2D eigenvalue weighted by molar-refractivity contribution is 0.500. The molecule has 20 heavy (non-hydrogen) atoms. The first-order chi connectivity index (χ1) is 9.56. The molecule has 0 spiro atoms. The van der Waals surface area contributed by atoms with Crippen LogP contribution in [0.15, 0.2) is 30.3 Å². The average molecular weight is 270 g/mol. The molecule has 0 aliphatic rings. The second-order valence-electron chi connectivity index (χ2n) is 6.02. The predicted octanol–water partition coefficient (Wildman–Crippen LogP) is 5.21. The SMILES string of the molecule is CCCc1c(-c2ccccc2)c(C(C)C)nn1C(C)C. The van der Waals surface area contributed by atoms with E-state index in [1.807, 2.05) is 0 Å². The van der Waals surface area contributed by atoms with Gasteiger partial charge in [0.25, 0.3) is 0 Å². The maximum atomic E-state index is 4.92. The summed E-state index contributed by atoms with van der Waals surface area (Å²) in [6, 6.07) is 11.1. The first kappa shape index (κ1) is 14.8. The van der Waals surface area contributed by atoms with Crippen molar-refractivity contribution in [2.75, 3.05) is 0 Å². The van der Waals surface area contributed by atoms with E-state index in [1.54, 1.807) is 0 Å². The summed E-state index contributed by atoms with van der Waals surface area (Å²) in [6.45, 7) is 11.1. The Hall–Kier alpha value is -1.57. The number of aromatic nitrogens is 2. The standard InChI is InChI=1S/C18H26N2/c1-6-10-16-17(15-11-8-7-9-12-15)18(13(2)3)19-20(16)14(4)5/h7-9,11-14H,6,10H2,1-5H3. The fourth-order valence-electron chi connectivity index (χ4n) is 2.72. The van der Waals surface area contributed by atoms with Crippen LogP contribution in [0, 0.1) is 0 Å². The van der Waals surface area contributed by atoms with Gasteiger partial charge in [-0.05, 0) is 31.7 Å². The van der Waals surface area contributed by atoms with E-state index >= 15 is 0 Å². The molecule has 0 amide bonds. The van der Waals surface area contributed by atoms with Gasteiger partial charge < -0.3 is 0 Å². The van der Waals surface area contributed by atoms with Gasteiger partial charge in [-0.3, -0.25) is 4.68 Å². The summed E-state index contributed by atoms with van der Waals surface area (Å²) < 4.78 is 2.22. The van der Waals surface area contributed by atoms with Crippen molar-refractivity contribution in [2.24, 2.45) is 0 Å². The van der Waals surface area contributed by atoms with Gasteiger partial charge in [-0.2, -0.15) is 5.10 Å². The Balaban J connectivity index is 2.68. The topological polar surface area (TPSA) is 17.8 Å². The van der Waals surface area contributed by atoms with Crippen LogP contribution in [0.3, 0.4) is 0 Å². The molecule has 0 aliphatic carbocycles. The lowest BCUT2D eigenvalue weighted by Crippen LogP contribution is -2.08. The molecular weight excluding hydrogens is 244 g/mol. The van der Waals surface area contributed by atoms with Crippen LogP contribution in [0.4, 0.5) is 0 Å². The first-order valence-electron chi connectivity index (χ1n) is 7.72. The minimum Gasteiger partial charge on any atom is -0.266 e. The molecule has 0 bridgehead atoms. The number of rotatable bonds is 5. The Morgan fingerprint density at radius 2 is 1.70 bits per heavy atom. The van der Waals surface area contributed by atoms with Crippen molar-refractivity contribution >= 4 is 0 Å². The smallest absolute Gasteiger partial charge is 0.0731 e. The van der Waals surface area contributed by atoms with Crippen molar-refractivity contribution in [1.29, 1.82) is 0 Å². The van der Waals surface area contributed by atoms with Gasteiger partial charge in [-0.15, -0.1) is 0 Å². The zero-order chi connectivity index (χ0) is 14.7. The van der Waals surface area contributed by atoms with Gasteiger partial charge in [0, 0.05) is 17.3 Å². The second kappa shape index (κ2) is 6.25. The van der Waals surface area contributed by atoms with E-state index < -0.39 is 0 Å². The Morgan fingerprint density at radius 3 is 2.20 bits per heavy atom. The van der Waals surface area contributed by atoms with Crippen molar-refractivity contribution in [2.45, 2.75) is 59.4 Å². The molecule has 1 aromatic heterocycles. The molecule has 0 atom stereocenters. The van der Waals surface area contributed by atoms with Crippen LogP contribution in [-0.4, -0.2) is 9.78 Å². The number of hydrogen-bond acceptors (Lipinski definition) is 1. The van der Waals surface area contributed by atoms with Crippen LogP contribution in [-0.2, 0) is 6.42 Å². The van der Waals surface area contributed by atoms with E-state index in [-0.39, 0.29) is 0 Å². The Bertz CT molecular complexity index is 550. The quantitative estimate of drug-likeness (QED) is 0.729. The summed E-state index contributed by atoms with van der Waals surface area (Å²) in [7, 11) is 0. The summed E-state index contributed by atoms with van der Waals surface area (Å²) in [6.07, 6.45) is 2.23. The molecular formula is C18H26N2. The van der Waals surface area contributed by atoms with Gasteiger partial charge in [0.2, 0.25) is 0 Å². The van der Waals surface area contributed by atoms with E-state index in [4.69, 9.17) is 5.10 Å². The highest BCUT2D eigenvalue weighted by Crippen LogP contribution is 2.34. The van der Waals surface area contributed by atoms with Crippen LogP contribution < -0.4 is 0 Å².